The van der Waals surface area contributed by atoms with Crippen LogP contribution < -0.4 is 5.32 Å². The second kappa shape index (κ2) is 6.58. The average Bonchev–Trinajstić information content (AvgIpc) is 2.81. The number of thioether (sulfide) groups is 1. The predicted octanol–water partition coefficient (Wildman–Crippen LogP) is 3.56. The van der Waals surface area contributed by atoms with E-state index in [1.54, 1.807) is 0 Å². The highest BCUT2D eigenvalue weighted by atomic mass is 32.2. The van der Waals surface area contributed by atoms with Crippen LogP contribution in [0.5, 0.6) is 0 Å². The van der Waals surface area contributed by atoms with Gasteiger partial charge in [-0.3, -0.25) is 0 Å². The Morgan fingerprint density at radius 2 is 2.20 bits per heavy atom. The van der Waals surface area contributed by atoms with Crippen LogP contribution in [-0.2, 0) is 4.74 Å². The van der Waals surface area contributed by atoms with E-state index in [9.17, 15) is 0 Å². The van der Waals surface area contributed by atoms with E-state index in [4.69, 9.17) is 4.74 Å². The van der Waals surface area contributed by atoms with Gasteiger partial charge >= 0.3 is 0 Å². The lowest BCUT2D eigenvalue weighted by Crippen LogP contribution is -2.47. The quantitative estimate of drug-likeness (QED) is 0.838. The van der Waals surface area contributed by atoms with Gasteiger partial charge < -0.3 is 10.1 Å². The molecule has 4 unspecified atom stereocenters. The van der Waals surface area contributed by atoms with Crippen LogP contribution in [0.2, 0.25) is 0 Å². The zero-order chi connectivity index (χ0) is 14.0. The number of hydrogen-bond donors (Lipinski definition) is 1. The van der Waals surface area contributed by atoms with Crippen molar-refractivity contribution in [2.24, 2.45) is 23.7 Å². The highest BCUT2D eigenvalue weighted by Gasteiger charge is 2.45. The molecule has 3 aliphatic rings. The van der Waals surface area contributed by atoms with Crippen LogP contribution in [0, 0.1) is 23.7 Å². The fraction of sp³-hybridized carbons (Fsp3) is 1.00. The molecule has 116 valence electrons. The van der Waals surface area contributed by atoms with E-state index in [1.807, 2.05) is 0 Å². The minimum atomic E-state index is 0.277. The average molecular weight is 298 g/mol. The maximum atomic E-state index is 6.19. The third-order valence-electron chi connectivity index (χ3n) is 5.64. The van der Waals surface area contributed by atoms with Gasteiger partial charge in [0.1, 0.15) is 0 Å². The van der Waals surface area contributed by atoms with Crippen molar-refractivity contribution in [1.82, 2.24) is 5.32 Å². The molecule has 4 atom stereocenters. The minimum absolute atomic E-state index is 0.277. The first-order chi connectivity index (χ1) is 9.69. The monoisotopic (exact) mass is 297 g/mol. The zero-order valence-electron chi connectivity index (χ0n) is 13.2. The topological polar surface area (TPSA) is 21.3 Å². The van der Waals surface area contributed by atoms with E-state index < -0.39 is 0 Å². The van der Waals surface area contributed by atoms with E-state index in [2.05, 4.69) is 30.9 Å². The number of rotatable bonds is 5. The van der Waals surface area contributed by atoms with Gasteiger partial charge in [0.15, 0.2) is 0 Å². The molecule has 3 heteroatoms. The first-order valence-corrected chi connectivity index (χ1v) is 9.76. The van der Waals surface area contributed by atoms with Crippen molar-refractivity contribution in [1.29, 1.82) is 0 Å². The molecule has 0 aromatic heterocycles. The van der Waals surface area contributed by atoms with E-state index in [0.29, 0.717) is 0 Å². The Kier molecular flexibility index (Phi) is 4.99. The number of hydrogen-bond acceptors (Lipinski definition) is 3. The molecule has 20 heavy (non-hydrogen) atoms. The minimum Gasteiger partial charge on any atom is -0.374 e. The predicted molar refractivity (Wildman–Crippen MR) is 87.3 cm³/mol. The summed E-state index contributed by atoms with van der Waals surface area (Å²) in [6.45, 7) is 8.05. The SMILES string of the molecule is CC(C)CNCC1CCC1C1CCOC2(CCSC2)C1. The third kappa shape index (κ3) is 3.36. The summed E-state index contributed by atoms with van der Waals surface area (Å²) in [5.41, 5.74) is 0.277. The Balaban J connectivity index is 1.48. The van der Waals surface area contributed by atoms with Crippen LogP contribution in [-0.4, -0.2) is 36.8 Å². The van der Waals surface area contributed by atoms with Crippen LogP contribution in [0.3, 0.4) is 0 Å². The fourth-order valence-electron chi connectivity index (χ4n) is 4.32. The molecule has 1 spiro atoms. The van der Waals surface area contributed by atoms with Crippen molar-refractivity contribution in [2.45, 2.75) is 51.6 Å². The lowest BCUT2D eigenvalue weighted by molar-refractivity contribution is -0.103. The molecular weight excluding hydrogens is 266 g/mol. The zero-order valence-corrected chi connectivity index (χ0v) is 14.0. The molecule has 2 heterocycles. The molecule has 1 N–H and O–H groups in total. The van der Waals surface area contributed by atoms with Gasteiger partial charge in [0, 0.05) is 12.4 Å². The second-order valence-electron chi connectivity index (χ2n) is 7.64. The van der Waals surface area contributed by atoms with Crippen molar-refractivity contribution < 1.29 is 4.74 Å². The largest absolute Gasteiger partial charge is 0.374 e. The third-order valence-corrected chi connectivity index (χ3v) is 6.86. The lowest BCUT2D eigenvalue weighted by Gasteiger charge is -2.48. The van der Waals surface area contributed by atoms with Crippen molar-refractivity contribution in [3.05, 3.63) is 0 Å². The first-order valence-electron chi connectivity index (χ1n) is 8.61. The van der Waals surface area contributed by atoms with Crippen molar-refractivity contribution in [3.8, 4) is 0 Å². The van der Waals surface area contributed by atoms with Crippen LogP contribution in [0.25, 0.3) is 0 Å². The molecule has 3 rings (SSSR count). The molecule has 0 bridgehead atoms. The summed E-state index contributed by atoms with van der Waals surface area (Å²) in [5.74, 6) is 6.23. The van der Waals surface area contributed by atoms with Gasteiger partial charge in [-0.1, -0.05) is 13.8 Å². The van der Waals surface area contributed by atoms with Gasteiger partial charge in [-0.25, -0.2) is 0 Å². The Bertz CT molecular complexity index is 314. The normalized spacial score (nSPS) is 41.2. The molecule has 2 aliphatic heterocycles. The molecule has 0 aromatic rings. The summed E-state index contributed by atoms with van der Waals surface area (Å²) in [6.07, 6.45) is 6.90. The van der Waals surface area contributed by atoms with Crippen molar-refractivity contribution in [3.63, 3.8) is 0 Å². The Hall–Kier alpha value is 0.270. The van der Waals surface area contributed by atoms with Gasteiger partial charge in [0.2, 0.25) is 0 Å². The molecule has 0 aromatic carbocycles. The van der Waals surface area contributed by atoms with E-state index in [-0.39, 0.29) is 5.60 Å². The number of nitrogens with one attached hydrogen (secondary N) is 1. The summed E-state index contributed by atoms with van der Waals surface area (Å²) in [5, 5.41) is 3.68. The Labute approximate surface area is 128 Å². The summed E-state index contributed by atoms with van der Waals surface area (Å²) in [6, 6.07) is 0. The highest BCUT2D eigenvalue weighted by molar-refractivity contribution is 7.99. The fourth-order valence-corrected chi connectivity index (χ4v) is 5.70. The van der Waals surface area contributed by atoms with Gasteiger partial charge in [0.25, 0.3) is 0 Å². The van der Waals surface area contributed by atoms with Gasteiger partial charge in [0.05, 0.1) is 5.60 Å². The van der Waals surface area contributed by atoms with Crippen LogP contribution in [0.15, 0.2) is 0 Å². The standard InChI is InChI=1S/C17H31NOS/c1-13(2)10-18-11-15-3-4-16(15)14-5-7-19-17(9-14)6-8-20-12-17/h13-16,18H,3-12H2,1-2H3. The second-order valence-corrected chi connectivity index (χ2v) is 8.75. The van der Waals surface area contributed by atoms with Gasteiger partial charge in [-0.15, -0.1) is 0 Å². The smallest absolute Gasteiger partial charge is 0.0783 e. The molecule has 0 radical (unpaired) electrons. The van der Waals surface area contributed by atoms with Crippen LogP contribution in [0.4, 0.5) is 0 Å². The Morgan fingerprint density at radius 1 is 1.30 bits per heavy atom. The van der Waals surface area contributed by atoms with Crippen molar-refractivity contribution >= 4 is 11.8 Å². The summed E-state index contributed by atoms with van der Waals surface area (Å²) in [4.78, 5) is 0. The van der Waals surface area contributed by atoms with E-state index in [0.717, 1.165) is 30.3 Å². The maximum Gasteiger partial charge on any atom is 0.0783 e. The van der Waals surface area contributed by atoms with Crippen molar-refractivity contribution in [2.75, 3.05) is 31.2 Å². The summed E-state index contributed by atoms with van der Waals surface area (Å²) in [7, 11) is 0. The molecule has 2 saturated heterocycles. The summed E-state index contributed by atoms with van der Waals surface area (Å²) < 4.78 is 6.19. The maximum absolute atomic E-state index is 6.19. The molecule has 2 nitrogen and oxygen atoms in total. The number of ether oxygens (including phenoxy) is 1. The molecule has 1 saturated carbocycles. The lowest BCUT2D eigenvalue weighted by atomic mass is 9.63. The van der Waals surface area contributed by atoms with E-state index in [1.165, 1.54) is 56.7 Å². The molecule has 3 fully saturated rings. The van der Waals surface area contributed by atoms with Crippen LogP contribution >= 0.6 is 11.8 Å². The molecule has 1 aliphatic carbocycles. The van der Waals surface area contributed by atoms with Gasteiger partial charge in [-0.05, 0) is 74.6 Å². The van der Waals surface area contributed by atoms with Gasteiger partial charge in [-0.2, -0.15) is 11.8 Å². The first kappa shape index (κ1) is 15.2. The van der Waals surface area contributed by atoms with Crippen LogP contribution in [0.1, 0.15) is 46.0 Å². The molecule has 0 amide bonds. The Morgan fingerprint density at radius 3 is 2.85 bits per heavy atom. The van der Waals surface area contributed by atoms with E-state index >= 15 is 0 Å². The molecular formula is C17H31NOS. The highest BCUT2D eigenvalue weighted by Crippen LogP contribution is 2.49. The summed E-state index contributed by atoms with van der Waals surface area (Å²) >= 11 is 2.10.